The van der Waals surface area contributed by atoms with Crippen LogP contribution in [0, 0.1) is 6.08 Å². The van der Waals surface area contributed by atoms with Crippen LogP contribution < -0.4 is 0 Å². The number of nitrogens with zero attached hydrogens (tertiary/aromatic N) is 1. The largest absolute Gasteiger partial charge is 0.513 e. The van der Waals surface area contributed by atoms with Gasteiger partial charge in [0.15, 0.2) is 0 Å². The Morgan fingerprint density at radius 2 is 2.00 bits per heavy atom. The van der Waals surface area contributed by atoms with Gasteiger partial charge in [-0.05, 0) is 6.21 Å². The maximum Gasteiger partial charge on any atom is 0 e. The van der Waals surface area contributed by atoms with Gasteiger partial charge in [0.25, 0.3) is 0 Å². The van der Waals surface area contributed by atoms with E-state index in [4.69, 9.17) is 11.6 Å². The molecular weight excluding hydrogens is 270 g/mol. The van der Waals surface area contributed by atoms with Crippen LogP contribution in [0.25, 0.3) is 0 Å². The quantitative estimate of drug-likeness (QED) is 0.459. The second kappa shape index (κ2) is 8.34. The van der Waals surface area contributed by atoms with Crippen LogP contribution in [0.3, 0.4) is 0 Å². The molecule has 1 aromatic carbocycles. The summed E-state index contributed by atoms with van der Waals surface area (Å²) < 4.78 is 0. The molecule has 0 saturated heterocycles. The minimum atomic E-state index is 0. The van der Waals surface area contributed by atoms with Crippen LogP contribution in [0.5, 0.6) is 0 Å². The molecule has 0 atom stereocenters. The summed E-state index contributed by atoms with van der Waals surface area (Å²) >= 11 is 5.46. The number of aliphatic imine (C=N–C) groups is 1. The summed E-state index contributed by atoms with van der Waals surface area (Å²) in [5.74, 6) is 0.367. The number of hydrogen-bond acceptors (Lipinski definition) is 1. The van der Waals surface area contributed by atoms with E-state index in [-0.39, 0.29) is 32.7 Å². The average Bonchev–Trinajstić information content (AvgIpc) is 2.17. The van der Waals surface area contributed by atoms with Crippen LogP contribution in [-0.2, 0) is 32.7 Å². The second-order valence-corrected chi connectivity index (χ2v) is 2.75. The van der Waals surface area contributed by atoms with Gasteiger partial charge in [-0.3, -0.25) is 0 Å². The predicted octanol–water partition coefficient (Wildman–Crippen LogP) is 2.93. The molecule has 0 aliphatic heterocycles. The Bertz CT molecular complexity index is 306. The summed E-state index contributed by atoms with van der Waals surface area (Å²) in [6.45, 7) is 1.85. The van der Waals surface area contributed by atoms with Gasteiger partial charge in [0.2, 0.25) is 0 Å². The van der Waals surface area contributed by atoms with Crippen molar-refractivity contribution >= 4 is 17.8 Å². The third-order valence-electron chi connectivity index (χ3n) is 1.45. The molecule has 1 radical (unpaired) electrons. The van der Waals surface area contributed by atoms with Gasteiger partial charge >= 0.3 is 0 Å². The summed E-state index contributed by atoms with van der Waals surface area (Å²) in [4.78, 5) is 4.06. The van der Waals surface area contributed by atoms with E-state index in [0.717, 1.165) is 11.3 Å². The van der Waals surface area contributed by atoms with E-state index >= 15 is 0 Å². The van der Waals surface area contributed by atoms with Crippen LogP contribution in [0.15, 0.2) is 41.0 Å². The fraction of sp³-hybridized carbons (Fsp3) is 0.182. The molecule has 0 N–H and O–H groups in total. The monoisotopic (exact) mass is 280 g/mol. The topological polar surface area (TPSA) is 12.4 Å². The molecule has 3 heteroatoms. The fourth-order valence-electron chi connectivity index (χ4n) is 0.797. The van der Waals surface area contributed by atoms with Crippen molar-refractivity contribution in [1.82, 2.24) is 0 Å². The first-order valence-corrected chi connectivity index (χ1v) is 4.51. The normalized spacial score (nSPS) is 11.4. The third kappa shape index (κ3) is 5.69. The van der Waals surface area contributed by atoms with E-state index in [9.17, 15) is 0 Å². The van der Waals surface area contributed by atoms with Crippen molar-refractivity contribution in [2.45, 2.75) is 6.92 Å². The van der Waals surface area contributed by atoms with Crippen LogP contribution in [0.4, 0.5) is 0 Å². The molecule has 0 heterocycles. The summed E-state index contributed by atoms with van der Waals surface area (Å²) in [5.41, 5.74) is 1.72. The number of halogens is 1. The van der Waals surface area contributed by atoms with Gasteiger partial charge in [-0.15, -0.1) is 35.7 Å². The second-order valence-electron chi connectivity index (χ2n) is 2.49. The van der Waals surface area contributed by atoms with E-state index in [1.165, 1.54) is 0 Å². The molecule has 0 saturated carbocycles. The zero-order chi connectivity index (χ0) is 9.52. The maximum absolute atomic E-state index is 5.46. The molecule has 71 valence electrons. The number of rotatable bonds is 3. The smallest absolute Gasteiger partial charge is 0 e. The summed E-state index contributed by atoms with van der Waals surface area (Å²) in [5, 5.41) is 0. The molecule has 0 fully saturated rings. The maximum atomic E-state index is 5.46. The molecule has 0 aromatic heterocycles. The zero-order valence-corrected chi connectivity index (χ0v) is 11.6. The Labute approximate surface area is 115 Å². The van der Waals surface area contributed by atoms with E-state index in [1.807, 2.05) is 37.3 Å². The molecule has 0 amide bonds. The summed E-state index contributed by atoms with van der Waals surface area (Å²) in [6, 6.07) is 9.73. The SMILES string of the molecule is CC(=[C-]CCl)N=[C-]c1ccccc1.[Y]. The Hall–Kier alpha value is 0.0239. The van der Waals surface area contributed by atoms with Crippen molar-refractivity contribution < 1.29 is 32.7 Å². The van der Waals surface area contributed by atoms with Crippen molar-refractivity contribution in [1.29, 1.82) is 0 Å². The van der Waals surface area contributed by atoms with Gasteiger partial charge in [0.1, 0.15) is 0 Å². The van der Waals surface area contributed by atoms with E-state index in [2.05, 4.69) is 17.3 Å². The molecule has 0 bridgehead atoms. The summed E-state index contributed by atoms with van der Waals surface area (Å²) in [6.07, 6.45) is 5.76. The van der Waals surface area contributed by atoms with E-state index < -0.39 is 0 Å². The van der Waals surface area contributed by atoms with Gasteiger partial charge in [-0.2, -0.15) is 11.6 Å². The van der Waals surface area contributed by atoms with Gasteiger partial charge in [-0.25, -0.2) is 5.70 Å². The van der Waals surface area contributed by atoms with Gasteiger partial charge < -0.3 is 11.1 Å². The molecule has 0 spiro atoms. The van der Waals surface area contributed by atoms with Crippen LogP contribution >= 0.6 is 11.6 Å². The number of allylic oxidation sites excluding steroid dienone is 2. The van der Waals surface area contributed by atoms with Crippen molar-refractivity contribution in [3.63, 3.8) is 0 Å². The van der Waals surface area contributed by atoms with Crippen LogP contribution in [0.1, 0.15) is 12.5 Å². The van der Waals surface area contributed by atoms with Crippen LogP contribution in [-0.4, -0.2) is 12.1 Å². The minimum absolute atomic E-state index is 0. The average molecular weight is 281 g/mol. The number of benzene rings is 1. The van der Waals surface area contributed by atoms with Crippen molar-refractivity contribution in [2.24, 2.45) is 4.99 Å². The molecule has 0 aliphatic carbocycles. The third-order valence-corrected chi connectivity index (χ3v) is 1.58. The van der Waals surface area contributed by atoms with Crippen LogP contribution in [0.2, 0.25) is 0 Å². The fourth-order valence-corrected chi connectivity index (χ4v) is 0.991. The Morgan fingerprint density at radius 1 is 1.36 bits per heavy atom. The number of alkyl halides is 1. The van der Waals surface area contributed by atoms with Crippen molar-refractivity contribution in [3.05, 3.63) is 47.7 Å². The standard InChI is InChI=1S/C11H10ClN.Y/c1-10(7-8-12)13-9-11-5-3-2-4-6-11;/h2-6H,8H2,1H3;/q-2;. The zero-order valence-electron chi connectivity index (χ0n) is 8.00. The first-order valence-electron chi connectivity index (χ1n) is 3.98. The molecule has 0 aliphatic rings. The Balaban J connectivity index is 0.00000169. The van der Waals surface area contributed by atoms with Crippen molar-refractivity contribution in [3.8, 4) is 0 Å². The molecule has 1 rings (SSSR count). The Morgan fingerprint density at radius 3 is 2.57 bits per heavy atom. The first-order chi connectivity index (χ1) is 6.33. The molecule has 1 nitrogen and oxygen atoms in total. The predicted molar refractivity (Wildman–Crippen MR) is 56.1 cm³/mol. The molecule has 1 aromatic rings. The van der Waals surface area contributed by atoms with Gasteiger partial charge in [-0.1, -0.05) is 13.0 Å². The molecule has 0 unspecified atom stereocenters. The van der Waals surface area contributed by atoms with Crippen molar-refractivity contribution in [2.75, 3.05) is 5.88 Å². The minimum Gasteiger partial charge on any atom is -0.513 e. The summed E-state index contributed by atoms with van der Waals surface area (Å²) in [7, 11) is 0. The molecule has 14 heavy (non-hydrogen) atoms. The van der Waals surface area contributed by atoms with E-state index in [1.54, 1.807) is 0 Å². The Kier molecular flexibility index (Phi) is 8.36. The van der Waals surface area contributed by atoms with Gasteiger partial charge in [0, 0.05) is 32.7 Å². The number of hydrogen-bond donors (Lipinski definition) is 0. The first kappa shape index (κ1) is 14.0. The van der Waals surface area contributed by atoms with E-state index in [0.29, 0.717) is 5.88 Å². The molecular formula is C11H10ClNY-2. The van der Waals surface area contributed by atoms with Gasteiger partial charge in [0.05, 0.1) is 0 Å².